The summed E-state index contributed by atoms with van der Waals surface area (Å²) in [6.45, 7) is 1.47. The number of carbonyl (C=O) groups excluding carboxylic acids is 2. The van der Waals surface area contributed by atoms with Gasteiger partial charge in [0.1, 0.15) is 0 Å². The van der Waals surface area contributed by atoms with Crippen molar-refractivity contribution < 1.29 is 43.3 Å². The SMILES string of the molecule is Cc1ccc(S(=O)(=O)N2CCN(S(=O)(=O)c3ccc(C)cc3)CC(=O)N(S(=O)(=O)c3ccc(C)cc3)CCN(S(=O)(=O)c3ccc(C)cc3)C(=O)C2)cc1. The maximum Gasteiger partial charge on any atom is 0.266 e. The molecule has 1 aliphatic rings. The Bertz CT molecular complexity index is 2300. The maximum atomic E-state index is 14.2. The van der Waals surface area contributed by atoms with Gasteiger partial charge in [0.15, 0.2) is 0 Å². The van der Waals surface area contributed by atoms with Crippen LogP contribution in [0.3, 0.4) is 0 Å². The Kier molecular flexibility index (Phi) is 11.9. The number of amides is 2. The lowest BCUT2D eigenvalue weighted by molar-refractivity contribution is -0.130. The molecule has 0 radical (unpaired) electrons. The molecule has 54 heavy (non-hydrogen) atoms. The summed E-state index contributed by atoms with van der Waals surface area (Å²) in [5.74, 6) is -2.53. The van der Waals surface area contributed by atoms with Gasteiger partial charge in [-0.2, -0.15) is 8.61 Å². The van der Waals surface area contributed by atoms with E-state index in [4.69, 9.17) is 0 Å². The molecule has 0 unspecified atom stereocenters. The molecule has 1 fully saturated rings. The zero-order valence-electron chi connectivity index (χ0n) is 30.0. The summed E-state index contributed by atoms with van der Waals surface area (Å²) in [4.78, 5) is 27.2. The van der Waals surface area contributed by atoms with Crippen LogP contribution >= 0.6 is 0 Å². The first-order valence-electron chi connectivity index (χ1n) is 16.6. The molecule has 1 aliphatic heterocycles. The van der Waals surface area contributed by atoms with Crippen LogP contribution in [0.1, 0.15) is 22.3 Å². The van der Waals surface area contributed by atoms with Crippen molar-refractivity contribution in [3.63, 3.8) is 0 Å². The molecule has 0 spiro atoms. The van der Waals surface area contributed by atoms with Crippen LogP contribution in [-0.2, 0) is 49.7 Å². The molecule has 0 saturated carbocycles. The fraction of sp³-hybridized carbons (Fsp3) is 0.278. The number of sulfonamides is 4. The number of nitrogens with zero attached hydrogens (tertiary/aromatic N) is 4. The third kappa shape index (κ3) is 8.58. The number of carbonyl (C=O) groups is 2. The van der Waals surface area contributed by atoms with Gasteiger partial charge in [-0.1, -0.05) is 70.8 Å². The van der Waals surface area contributed by atoms with Crippen LogP contribution < -0.4 is 0 Å². The molecule has 14 nitrogen and oxygen atoms in total. The van der Waals surface area contributed by atoms with E-state index in [0.717, 1.165) is 11.1 Å². The van der Waals surface area contributed by atoms with Gasteiger partial charge in [0.2, 0.25) is 20.0 Å². The van der Waals surface area contributed by atoms with Crippen LogP contribution in [0, 0.1) is 27.7 Å². The van der Waals surface area contributed by atoms with Crippen molar-refractivity contribution in [1.82, 2.24) is 17.2 Å². The maximum absolute atomic E-state index is 14.2. The quantitative estimate of drug-likeness (QED) is 0.256. The molecule has 18 heteroatoms. The Hall–Kier alpha value is -4.46. The summed E-state index contributed by atoms with van der Waals surface area (Å²) in [5, 5.41) is 0. The van der Waals surface area contributed by atoms with E-state index in [1.165, 1.54) is 97.1 Å². The van der Waals surface area contributed by atoms with Gasteiger partial charge in [0, 0.05) is 13.1 Å². The number of benzene rings is 4. The molecule has 0 aliphatic carbocycles. The van der Waals surface area contributed by atoms with Crippen LogP contribution in [0.4, 0.5) is 0 Å². The fourth-order valence-electron chi connectivity index (χ4n) is 5.58. The summed E-state index contributed by atoms with van der Waals surface area (Å²) in [5.41, 5.74) is 2.87. The van der Waals surface area contributed by atoms with Crippen molar-refractivity contribution in [2.24, 2.45) is 0 Å². The second-order valence-electron chi connectivity index (χ2n) is 12.9. The second kappa shape index (κ2) is 15.7. The van der Waals surface area contributed by atoms with Gasteiger partial charge in [-0.3, -0.25) is 9.59 Å². The van der Waals surface area contributed by atoms with E-state index in [9.17, 15) is 43.3 Å². The van der Waals surface area contributed by atoms with Crippen LogP contribution in [0.5, 0.6) is 0 Å². The first kappa shape index (κ1) is 40.7. The van der Waals surface area contributed by atoms with E-state index in [1.54, 1.807) is 27.7 Å². The normalized spacial score (nSPS) is 16.5. The minimum absolute atomic E-state index is 0.250. The van der Waals surface area contributed by atoms with Gasteiger partial charge in [0.25, 0.3) is 31.9 Å². The summed E-state index contributed by atoms with van der Waals surface area (Å²) in [7, 11) is -18.7. The first-order valence-corrected chi connectivity index (χ1v) is 22.4. The van der Waals surface area contributed by atoms with Gasteiger partial charge >= 0.3 is 0 Å². The number of hydrogen-bond acceptors (Lipinski definition) is 10. The van der Waals surface area contributed by atoms with E-state index in [0.29, 0.717) is 28.3 Å². The molecule has 5 rings (SSSR count). The third-order valence-electron chi connectivity index (χ3n) is 8.82. The predicted molar refractivity (Wildman–Crippen MR) is 200 cm³/mol. The van der Waals surface area contributed by atoms with E-state index in [-0.39, 0.29) is 19.6 Å². The molecule has 2 amide bonds. The molecule has 0 atom stereocenters. The predicted octanol–water partition coefficient (Wildman–Crippen LogP) is 3.05. The van der Waals surface area contributed by atoms with Gasteiger partial charge < -0.3 is 0 Å². The highest BCUT2D eigenvalue weighted by Crippen LogP contribution is 2.25. The topological polar surface area (TPSA) is 184 Å². The van der Waals surface area contributed by atoms with E-state index >= 15 is 0 Å². The fourth-order valence-corrected chi connectivity index (χ4v) is 11.1. The Morgan fingerprint density at radius 3 is 0.815 bits per heavy atom. The van der Waals surface area contributed by atoms with Crippen molar-refractivity contribution in [1.29, 1.82) is 0 Å². The van der Waals surface area contributed by atoms with Crippen LogP contribution in [0.15, 0.2) is 117 Å². The number of hydrogen-bond donors (Lipinski definition) is 0. The molecular weight excluding hydrogens is 777 g/mol. The lowest BCUT2D eigenvalue weighted by Gasteiger charge is -2.32. The molecule has 288 valence electrons. The van der Waals surface area contributed by atoms with Crippen LogP contribution in [0.25, 0.3) is 0 Å². The molecule has 1 heterocycles. The van der Waals surface area contributed by atoms with Gasteiger partial charge in [-0.05, 0) is 76.2 Å². The van der Waals surface area contributed by atoms with Gasteiger partial charge in [-0.25, -0.2) is 42.3 Å². The Morgan fingerprint density at radius 2 is 0.574 bits per heavy atom. The van der Waals surface area contributed by atoms with Crippen molar-refractivity contribution in [3.05, 3.63) is 119 Å². The van der Waals surface area contributed by atoms with E-state index in [1.807, 2.05) is 0 Å². The molecule has 0 aromatic heterocycles. The third-order valence-corrected chi connectivity index (χ3v) is 16.2. The zero-order chi connectivity index (χ0) is 39.6. The van der Waals surface area contributed by atoms with Crippen molar-refractivity contribution in [3.8, 4) is 0 Å². The Balaban J connectivity index is 1.67. The van der Waals surface area contributed by atoms with Crippen molar-refractivity contribution >= 4 is 51.9 Å². The minimum atomic E-state index is -4.76. The average Bonchev–Trinajstić information content (AvgIpc) is 3.11. The Labute approximate surface area is 316 Å². The second-order valence-corrected chi connectivity index (χ2v) is 20.5. The number of aryl methyl sites for hydroxylation is 4. The standard InChI is InChI=1S/C36H40N4O10S4/c1-27-5-13-31(14-6-27)51(43,44)37-21-22-38(52(45,46)32-15-7-28(2)8-16-32)26-36(42)40(54(49,50)34-19-11-30(4)12-20-34)24-23-39(35(41)25-37)53(47,48)33-17-9-29(3)10-18-33/h5-20H,21-26H2,1-4H3. The summed E-state index contributed by atoms with van der Waals surface area (Å²) in [6.07, 6.45) is 0. The van der Waals surface area contributed by atoms with Gasteiger partial charge in [-0.15, -0.1) is 0 Å². The Morgan fingerprint density at radius 1 is 0.352 bits per heavy atom. The average molecular weight is 817 g/mol. The van der Waals surface area contributed by atoms with Crippen LogP contribution in [0.2, 0.25) is 0 Å². The summed E-state index contributed by atoms with van der Waals surface area (Å²) >= 11 is 0. The molecule has 0 N–H and O–H groups in total. The highest BCUT2D eigenvalue weighted by atomic mass is 32.2. The minimum Gasteiger partial charge on any atom is -0.272 e. The highest BCUT2D eigenvalue weighted by Gasteiger charge is 2.40. The first-order chi connectivity index (χ1) is 25.2. The molecular formula is C36H40N4O10S4. The smallest absolute Gasteiger partial charge is 0.266 e. The van der Waals surface area contributed by atoms with E-state index < -0.39 is 91.2 Å². The molecule has 4 aromatic rings. The lowest BCUT2D eigenvalue weighted by Crippen LogP contribution is -2.53. The number of rotatable bonds is 8. The highest BCUT2D eigenvalue weighted by molar-refractivity contribution is 7.90. The largest absolute Gasteiger partial charge is 0.272 e. The molecule has 4 aromatic carbocycles. The lowest BCUT2D eigenvalue weighted by atomic mass is 10.2. The van der Waals surface area contributed by atoms with Gasteiger partial charge in [0.05, 0.1) is 45.8 Å². The molecule has 0 bridgehead atoms. The molecule has 1 saturated heterocycles. The van der Waals surface area contributed by atoms with E-state index in [2.05, 4.69) is 0 Å². The summed E-state index contributed by atoms with van der Waals surface area (Å²) < 4.78 is 115. The monoisotopic (exact) mass is 816 g/mol. The van der Waals surface area contributed by atoms with Crippen LogP contribution in [-0.4, -0.2) is 102 Å². The van der Waals surface area contributed by atoms with Crippen molar-refractivity contribution in [2.75, 3.05) is 39.3 Å². The van der Waals surface area contributed by atoms with Crippen molar-refractivity contribution in [2.45, 2.75) is 47.3 Å². The zero-order valence-corrected chi connectivity index (χ0v) is 33.3. The summed E-state index contributed by atoms with van der Waals surface area (Å²) in [6, 6.07) is 22.2.